The molecule has 9 heavy (non-hydrogen) atoms. The molecule has 0 spiro atoms. The van der Waals surface area contributed by atoms with E-state index in [-0.39, 0.29) is 10.6 Å². The SMILES string of the molecule is O=C(O)c1c[nH]cc1Cl. The third-order valence-corrected chi connectivity index (χ3v) is 1.24. The van der Waals surface area contributed by atoms with Gasteiger partial charge in [0.25, 0.3) is 0 Å². The van der Waals surface area contributed by atoms with Crippen LogP contribution in [0.1, 0.15) is 10.4 Å². The number of aromatic nitrogens is 1. The van der Waals surface area contributed by atoms with E-state index in [2.05, 4.69) is 4.98 Å². The highest BCUT2D eigenvalue weighted by Crippen LogP contribution is 2.13. The fourth-order valence-electron chi connectivity index (χ4n) is 0.509. The summed E-state index contributed by atoms with van der Waals surface area (Å²) in [5.74, 6) is -1.01. The summed E-state index contributed by atoms with van der Waals surface area (Å²) in [6.45, 7) is 0. The zero-order valence-electron chi connectivity index (χ0n) is 4.39. The molecule has 0 aliphatic carbocycles. The smallest absolute Gasteiger partial charge is 0.338 e. The Hall–Kier alpha value is -0.960. The zero-order chi connectivity index (χ0) is 6.85. The minimum atomic E-state index is -1.01. The molecule has 4 heteroatoms. The largest absolute Gasteiger partial charge is 0.478 e. The van der Waals surface area contributed by atoms with Crippen molar-refractivity contribution in [2.24, 2.45) is 0 Å². The molecule has 0 saturated carbocycles. The van der Waals surface area contributed by atoms with E-state index in [1.54, 1.807) is 0 Å². The first-order valence-electron chi connectivity index (χ1n) is 2.27. The number of halogens is 1. The van der Waals surface area contributed by atoms with Gasteiger partial charge in [-0.2, -0.15) is 0 Å². The first-order chi connectivity index (χ1) is 4.22. The monoisotopic (exact) mass is 145 g/mol. The van der Waals surface area contributed by atoms with Crippen LogP contribution < -0.4 is 0 Å². The summed E-state index contributed by atoms with van der Waals surface area (Å²) in [6, 6.07) is 0. The van der Waals surface area contributed by atoms with Crippen LogP contribution in [0, 0.1) is 0 Å². The second kappa shape index (κ2) is 2.11. The summed E-state index contributed by atoms with van der Waals surface area (Å²) >= 11 is 5.42. The van der Waals surface area contributed by atoms with Gasteiger partial charge in [-0.15, -0.1) is 0 Å². The van der Waals surface area contributed by atoms with E-state index in [1.165, 1.54) is 12.4 Å². The molecule has 0 bridgehead atoms. The number of hydrogen-bond acceptors (Lipinski definition) is 1. The van der Waals surface area contributed by atoms with Crippen LogP contribution >= 0.6 is 11.6 Å². The first kappa shape index (κ1) is 6.16. The molecule has 0 radical (unpaired) electrons. The van der Waals surface area contributed by atoms with Crippen LogP contribution in [0.3, 0.4) is 0 Å². The van der Waals surface area contributed by atoms with Crippen molar-refractivity contribution in [2.75, 3.05) is 0 Å². The molecule has 0 aliphatic rings. The van der Waals surface area contributed by atoms with E-state index < -0.39 is 5.97 Å². The Balaban J connectivity index is 3.08. The van der Waals surface area contributed by atoms with Crippen molar-refractivity contribution in [2.45, 2.75) is 0 Å². The van der Waals surface area contributed by atoms with E-state index in [1.807, 2.05) is 0 Å². The van der Waals surface area contributed by atoms with Gasteiger partial charge in [0, 0.05) is 12.4 Å². The van der Waals surface area contributed by atoms with Crippen LogP contribution in [0.5, 0.6) is 0 Å². The van der Waals surface area contributed by atoms with Crippen molar-refractivity contribution in [3.63, 3.8) is 0 Å². The van der Waals surface area contributed by atoms with Crippen molar-refractivity contribution in [1.29, 1.82) is 0 Å². The lowest BCUT2D eigenvalue weighted by atomic mass is 10.3. The summed E-state index contributed by atoms with van der Waals surface area (Å²) < 4.78 is 0. The maximum absolute atomic E-state index is 10.2. The summed E-state index contributed by atoms with van der Waals surface area (Å²) in [7, 11) is 0. The van der Waals surface area contributed by atoms with Crippen LogP contribution in [0.2, 0.25) is 5.02 Å². The molecule has 48 valence electrons. The lowest BCUT2D eigenvalue weighted by Gasteiger charge is -1.84. The van der Waals surface area contributed by atoms with Crippen LogP contribution in [-0.2, 0) is 0 Å². The third kappa shape index (κ3) is 1.05. The van der Waals surface area contributed by atoms with E-state index in [4.69, 9.17) is 16.7 Å². The highest BCUT2D eigenvalue weighted by molar-refractivity contribution is 6.33. The number of rotatable bonds is 1. The van der Waals surface area contributed by atoms with Gasteiger partial charge in [0.15, 0.2) is 0 Å². The van der Waals surface area contributed by atoms with Crippen molar-refractivity contribution >= 4 is 17.6 Å². The lowest BCUT2D eigenvalue weighted by molar-refractivity contribution is 0.0697. The third-order valence-electron chi connectivity index (χ3n) is 0.925. The van der Waals surface area contributed by atoms with Gasteiger partial charge < -0.3 is 10.1 Å². The average molecular weight is 146 g/mol. The molecule has 0 saturated heterocycles. The van der Waals surface area contributed by atoms with Gasteiger partial charge in [-0.1, -0.05) is 11.6 Å². The standard InChI is InChI=1S/C5H4ClNO2/c6-4-2-7-1-3(4)5(8)9/h1-2,7H,(H,8,9). The molecule has 3 nitrogen and oxygen atoms in total. The topological polar surface area (TPSA) is 53.1 Å². The van der Waals surface area contributed by atoms with E-state index in [0.29, 0.717) is 0 Å². The minimum Gasteiger partial charge on any atom is -0.478 e. The normalized spacial score (nSPS) is 9.44. The van der Waals surface area contributed by atoms with Crippen molar-refractivity contribution in [3.8, 4) is 0 Å². The summed E-state index contributed by atoms with van der Waals surface area (Å²) in [6.07, 6.45) is 2.76. The lowest BCUT2D eigenvalue weighted by Crippen LogP contribution is -1.92. The molecule has 0 amide bonds. The first-order valence-corrected chi connectivity index (χ1v) is 2.65. The second-order valence-electron chi connectivity index (χ2n) is 1.52. The molecule has 2 N–H and O–H groups in total. The van der Waals surface area contributed by atoms with E-state index in [0.717, 1.165) is 0 Å². The van der Waals surface area contributed by atoms with Crippen molar-refractivity contribution in [3.05, 3.63) is 23.0 Å². The zero-order valence-corrected chi connectivity index (χ0v) is 5.14. The fourth-order valence-corrected chi connectivity index (χ4v) is 0.707. The molecular formula is C5H4ClNO2. The number of nitrogens with one attached hydrogen (secondary N) is 1. The maximum atomic E-state index is 10.2. The molecule has 1 aromatic heterocycles. The van der Waals surface area contributed by atoms with E-state index >= 15 is 0 Å². The highest BCUT2D eigenvalue weighted by atomic mass is 35.5. The Morgan fingerprint density at radius 1 is 1.67 bits per heavy atom. The minimum absolute atomic E-state index is 0.108. The Bertz CT molecular complexity index is 231. The van der Waals surface area contributed by atoms with Gasteiger partial charge in [-0.3, -0.25) is 0 Å². The summed E-state index contributed by atoms with van der Waals surface area (Å²) in [5.41, 5.74) is 0.108. The number of carboxylic acids is 1. The fraction of sp³-hybridized carbons (Fsp3) is 0. The Kier molecular flexibility index (Phi) is 1.44. The van der Waals surface area contributed by atoms with Crippen LogP contribution in [0.15, 0.2) is 12.4 Å². The highest BCUT2D eigenvalue weighted by Gasteiger charge is 2.06. The predicted molar refractivity (Wildman–Crippen MR) is 32.8 cm³/mol. The van der Waals surface area contributed by atoms with Gasteiger partial charge in [0.05, 0.1) is 10.6 Å². The van der Waals surface area contributed by atoms with Crippen molar-refractivity contribution in [1.82, 2.24) is 4.98 Å². The van der Waals surface area contributed by atoms with Gasteiger partial charge in [-0.25, -0.2) is 4.79 Å². The number of H-pyrrole nitrogens is 1. The number of carbonyl (C=O) groups is 1. The number of aromatic amines is 1. The van der Waals surface area contributed by atoms with Crippen LogP contribution in [-0.4, -0.2) is 16.1 Å². The summed E-state index contributed by atoms with van der Waals surface area (Å²) in [4.78, 5) is 12.7. The Morgan fingerprint density at radius 2 is 2.33 bits per heavy atom. The molecule has 0 aliphatic heterocycles. The van der Waals surface area contributed by atoms with Gasteiger partial charge in [-0.05, 0) is 0 Å². The Labute approximate surface area is 56.3 Å². The van der Waals surface area contributed by atoms with Crippen molar-refractivity contribution < 1.29 is 9.90 Å². The summed E-state index contributed by atoms with van der Waals surface area (Å²) in [5, 5.41) is 8.59. The molecule has 0 atom stereocenters. The average Bonchev–Trinajstić information content (AvgIpc) is 2.13. The van der Waals surface area contributed by atoms with E-state index in [9.17, 15) is 4.79 Å². The number of hydrogen-bond donors (Lipinski definition) is 2. The van der Waals surface area contributed by atoms with Gasteiger partial charge >= 0.3 is 5.97 Å². The molecule has 1 heterocycles. The molecule has 1 rings (SSSR count). The maximum Gasteiger partial charge on any atom is 0.338 e. The molecule has 0 unspecified atom stereocenters. The molecule has 1 aromatic rings. The molecular weight excluding hydrogens is 142 g/mol. The molecule has 0 fully saturated rings. The Morgan fingerprint density at radius 3 is 2.56 bits per heavy atom. The number of aromatic carboxylic acids is 1. The van der Waals surface area contributed by atoms with Gasteiger partial charge in [0.2, 0.25) is 0 Å². The van der Waals surface area contributed by atoms with Crippen LogP contribution in [0.25, 0.3) is 0 Å². The second-order valence-corrected chi connectivity index (χ2v) is 1.93. The number of carboxylic acid groups (broad SMARTS) is 1. The molecule has 0 aromatic carbocycles. The quantitative estimate of drug-likeness (QED) is 0.627. The predicted octanol–water partition coefficient (Wildman–Crippen LogP) is 1.37. The van der Waals surface area contributed by atoms with Crippen LogP contribution in [0.4, 0.5) is 0 Å². The van der Waals surface area contributed by atoms with Gasteiger partial charge in [0.1, 0.15) is 0 Å².